The van der Waals surface area contributed by atoms with Crippen LogP contribution in [0.4, 0.5) is 0 Å². The molecule has 6 heteroatoms. The monoisotopic (exact) mass is 347 g/mol. The number of nitrogens with zero attached hydrogens (tertiary/aromatic N) is 3. The van der Waals surface area contributed by atoms with Crippen LogP contribution in [-0.4, -0.2) is 22.3 Å². The lowest BCUT2D eigenvalue weighted by atomic mass is 10.0. The van der Waals surface area contributed by atoms with Gasteiger partial charge in [-0.2, -0.15) is 5.26 Å². The van der Waals surface area contributed by atoms with E-state index in [-0.39, 0.29) is 22.1 Å². The second kappa shape index (κ2) is 7.45. The topological polar surface area (TPSA) is 57.0 Å². The summed E-state index contributed by atoms with van der Waals surface area (Å²) in [7, 11) is 0. The number of aromatic nitrogens is 1. The molecule has 0 N–H and O–H groups in total. The van der Waals surface area contributed by atoms with Crippen LogP contribution in [0.2, 0.25) is 10.2 Å². The van der Waals surface area contributed by atoms with Gasteiger partial charge in [0.05, 0.1) is 28.3 Å². The molecule has 118 valence electrons. The van der Waals surface area contributed by atoms with Crippen molar-refractivity contribution in [3.63, 3.8) is 0 Å². The van der Waals surface area contributed by atoms with E-state index in [0.29, 0.717) is 17.7 Å². The minimum atomic E-state index is -0.171. The molecule has 0 saturated heterocycles. The molecule has 23 heavy (non-hydrogen) atoms. The summed E-state index contributed by atoms with van der Waals surface area (Å²) in [4.78, 5) is 18.3. The van der Waals surface area contributed by atoms with Crippen molar-refractivity contribution >= 4 is 29.1 Å². The zero-order chi connectivity index (χ0) is 17.0. The third-order valence-corrected chi connectivity index (χ3v) is 4.32. The summed E-state index contributed by atoms with van der Waals surface area (Å²) >= 11 is 11.7. The van der Waals surface area contributed by atoms with Gasteiger partial charge in [-0.1, -0.05) is 35.3 Å². The number of rotatable bonds is 4. The maximum atomic E-state index is 12.7. The number of hydrogen-bond donors (Lipinski definition) is 0. The predicted molar refractivity (Wildman–Crippen MR) is 90.5 cm³/mol. The Labute approximate surface area is 145 Å². The Morgan fingerprint density at radius 3 is 2.52 bits per heavy atom. The fourth-order valence-corrected chi connectivity index (χ4v) is 2.58. The molecule has 2 aromatic rings. The Balaban J connectivity index is 2.28. The zero-order valence-corrected chi connectivity index (χ0v) is 14.3. The summed E-state index contributed by atoms with van der Waals surface area (Å²) in [5.74, 6) is -0.171. The smallest absolute Gasteiger partial charge is 0.255 e. The normalized spacial score (nSPS) is 11.6. The van der Waals surface area contributed by atoms with Crippen molar-refractivity contribution in [2.75, 3.05) is 6.54 Å². The van der Waals surface area contributed by atoms with E-state index < -0.39 is 0 Å². The van der Waals surface area contributed by atoms with Gasteiger partial charge in [-0.3, -0.25) is 4.79 Å². The molecule has 4 nitrogen and oxygen atoms in total. The number of pyridine rings is 1. The first kappa shape index (κ1) is 17.3. The number of amides is 1. The highest BCUT2D eigenvalue weighted by atomic mass is 35.5. The molecule has 1 amide bonds. The lowest BCUT2D eigenvalue weighted by Crippen LogP contribution is -2.33. The number of benzene rings is 1. The van der Waals surface area contributed by atoms with Gasteiger partial charge in [-0.25, -0.2) is 4.98 Å². The highest BCUT2D eigenvalue weighted by molar-refractivity contribution is 6.41. The van der Waals surface area contributed by atoms with Gasteiger partial charge >= 0.3 is 0 Å². The van der Waals surface area contributed by atoms with Gasteiger partial charge in [0, 0.05) is 12.7 Å². The van der Waals surface area contributed by atoms with Gasteiger partial charge in [-0.05, 0) is 37.6 Å². The fraction of sp³-hybridized carbons (Fsp3) is 0.235. The number of halogens is 2. The van der Waals surface area contributed by atoms with Crippen LogP contribution in [0.1, 0.15) is 41.4 Å². The minimum Gasteiger partial charge on any atom is -0.332 e. The van der Waals surface area contributed by atoms with Crippen molar-refractivity contribution in [2.24, 2.45) is 0 Å². The number of carbonyl (C=O) groups excluding carboxylic acids is 1. The predicted octanol–water partition coefficient (Wildman–Crippen LogP) is 4.48. The average molecular weight is 348 g/mol. The van der Waals surface area contributed by atoms with Crippen LogP contribution in [0.15, 0.2) is 36.5 Å². The Kier molecular flexibility index (Phi) is 5.59. The molecule has 0 fully saturated rings. The van der Waals surface area contributed by atoms with Crippen molar-refractivity contribution in [2.45, 2.75) is 19.9 Å². The molecule has 0 spiro atoms. The van der Waals surface area contributed by atoms with Gasteiger partial charge in [-0.15, -0.1) is 0 Å². The van der Waals surface area contributed by atoms with E-state index >= 15 is 0 Å². The Hall–Kier alpha value is -2.09. The van der Waals surface area contributed by atoms with Crippen LogP contribution < -0.4 is 0 Å². The number of nitriles is 1. The number of hydrogen-bond acceptors (Lipinski definition) is 3. The van der Waals surface area contributed by atoms with Crippen LogP contribution in [0.3, 0.4) is 0 Å². The third kappa shape index (κ3) is 3.82. The molecule has 1 heterocycles. The standard InChI is InChI=1S/C17H15Cl2N3O/c1-3-22(11(2)13-6-4-12(9-20)5-7-13)17(23)14-8-15(18)16(19)21-10-14/h4-8,10-11H,3H2,1-2H3. The first-order chi connectivity index (χ1) is 11.0. The van der Waals surface area contributed by atoms with E-state index in [1.165, 1.54) is 12.3 Å². The van der Waals surface area contributed by atoms with E-state index in [1.807, 2.05) is 26.0 Å². The third-order valence-electron chi connectivity index (χ3n) is 3.63. The lowest BCUT2D eigenvalue weighted by Gasteiger charge is -2.28. The summed E-state index contributed by atoms with van der Waals surface area (Å²) in [5, 5.41) is 9.29. The zero-order valence-electron chi connectivity index (χ0n) is 12.8. The van der Waals surface area contributed by atoms with E-state index in [1.54, 1.807) is 17.0 Å². The SMILES string of the molecule is CCN(C(=O)c1cnc(Cl)c(Cl)c1)C(C)c1ccc(C#N)cc1. The summed E-state index contributed by atoms with van der Waals surface area (Å²) in [6.45, 7) is 4.37. The fourth-order valence-electron chi connectivity index (χ4n) is 2.31. The van der Waals surface area contributed by atoms with E-state index in [4.69, 9.17) is 28.5 Å². The first-order valence-corrected chi connectivity index (χ1v) is 7.85. The van der Waals surface area contributed by atoms with Crippen molar-refractivity contribution in [1.29, 1.82) is 5.26 Å². The Morgan fingerprint density at radius 1 is 1.35 bits per heavy atom. The molecule has 1 aromatic heterocycles. The Bertz CT molecular complexity index is 753. The summed E-state index contributed by atoms with van der Waals surface area (Å²) in [6.07, 6.45) is 1.42. The lowest BCUT2D eigenvalue weighted by molar-refractivity contribution is 0.0702. The number of carbonyl (C=O) groups is 1. The van der Waals surface area contributed by atoms with Gasteiger partial charge in [0.1, 0.15) is 5.15 Å². The molecular formula is C17H15Cl2N3O. The van der Waals surface area contributed by atoms with Gasteiger partial charge < -0.3 is 4.90 Å². The summed E-state index contributed by atoms with van der Waals surface area (Å²) in [6, 6.07) is 10.6. The maximum absolute atomic E-state index is 12.7. The van der Waals surface area contributed by atoms with E-state index in [0.717, 1.165) is 5.56 Å². The van der Waals surface area contributed by atoms with Crippen LogP contribution >= 0.6 is 23.2 Å². The van der Waals surface area contributed by atoms with Crippen molar-refractivity contribution in [1.82, 2.24) is 9.88 Å². The van der Waals surface area contributed by atoms with Crippen LogP contribution in [0.25, 0.3) is 0 Å². The molecule has 1 atom stereocenters. The molecule has 1 aromatic carbocycles. The molecule has 0 saturated carbocycles. The Morgan fingerprint density at radius 2 is 2.00 bits per heavy atom. The maximum Gasteiger partial charge on any atom is 0.255 e. The molecule has 2 rings (SSSR count). The van der Waals surface area contributed by atoms with Gasteiger partial charge in [0.15, 0.2) is 0 Å². The van der Waals surface area contributed by atoms with E-state index in [2.05, 4.69) is 11.1 Å². The molecule has 0 bridgehead atoms. The summed E-state index contributed by atoms with van der Waals surface area (Å²) in [5.41, 5.74) is 1.93. The second-order valence-corrected chi connectivity index (χ2v) is 5.76. The van der Waals surface area contributed by atoms with E-state index in [9.17, 15) is 4.79 Å². The van der Waals surface area contributed by atoms with Crippen LogP contribution in [0, 0.1) is 11.3 Å². The van der Waals surface area contributed by atoms with Crippen LogP contribution in [-0.2, 0) is 0 Å². The quantitative estimate of drug-likeness (QED) is 0.766. The van der Waals surface area contributed by atoms with Crippen molar-refractivity contribution in [3.05, 3.63) is 63.4 Å². The van der Waals surface area contributed by atoms with Gasteiger partial charge in [0.25, 0.3) is 5.91 Å². The average Bonchev–Trinajstić information content (AvgIpc) is 2.57. The molecule has 0 aliphatic carbocycles. The molecule has 1 unspecified atom stereocenters. The molecule has 0 aliphatic rings. The van der Waals surface area contributed by atoms with Crippen molar-refractivity contribution < 1.29 is 4.79 Å². The molecule has 0 aliphatic heterocycles. The highest BCUT2D eigenvalue weighted by Gasteiger charge is 2.22. The molecule has 0 radical (unpaired) electrons. The largest absolute Gasteiger partial charge is 0.332 e. The minimum absolute atomic E-state index is 0.144. The highest BCUT2D eigenvalue weighted by Crippen LogP contribution is 2.25. The van der Waals surface area contributed by atoms with Gasteiger partial charge in [0.2, 0.25) is 0 Å². The summed E-state index contributed by atoms with van der Waals surface area (Å²) < 4.78 is 0. The first-order valence-electron chi connectivity index (χ1n) is 7.10. The van der Waals surface area contributed by atoms with Crippen LogP contribution in [0.5, 0.6) is 0 Å². The second-order valence-electron chi connectivity index (χ2n) is 5.00. The van der Waals surface area contributed by atoms with Crippen molar-refractivity contribution in [3.8, 4) is 6.07 Å². The molecular weight excluding hydrogens is 333 g/mol.